The first kappa shape index (κ1) is 16.4. The first-order valence-corrected chi connectivity index (χ1v) is 8.57. The van der Waals surface area contributed by atoms with Crippen molar-refractivity contribution < 1.29 is 19.4 Å². The summed E-state index contributed by atoms with van der Waals surface area (Å²) >= 11 is 0. The van der Waals surface area contributed by atoms with E-state index in [0.29, 0.717) is 17.0 Å². The molecule has 0 aromatic heterocycles. The molecule has 0 fully saturated rings. The molecule has 3 atom stereocenters. The van der Waals surface area contributed by atoms with Crippen molar-refractivity contribution >= 4 is 17.6 Å². The largest absolute Gasteiger partial charge is 0.478 e. The second kappa shape index (κ2) is 6.33. The number of methoxy groups -OCH3 is 1. The van der Waals surface area contributed by atoms with Crippen molar-refractivity contribution in [2.45, 2.75) is 18.4 Å². The number of carbonyl (C=O) groups excluding carboxylic acids is 1. The van der Waals surface area contributed by atoms with E-state index in [2.05, 4.69) is 17.5 Å². The Labute approximate surface area is 151 Å². The molecule has 0 bridgehead atoms. The lowest BCUT2D eigenvalue weighted by Gasteiger charge is -2.37. The maximum absolute atomic E-state index is 11.6. The first-order chi connectivity index (χ1) is 12.6. The summed E-state index contributed by atoms with van der Waals surface area (Å²) in [6.45, 7) is 0. The normalized spacial score (nSPS) is 22.9. The summed E-state index contributed by atoms with van der Waals surface area (Å²) in [5.41, 5.74) is 3.94. The van der Waals surface area contributed by atoms with Crippen LogP contribution in [0, 0.1) is 5.92 Å². The van der Waals surface area contributed by atoms with Gasteiger partial charge in [0, 0.05) is 11.6 Å². The van der Waals surface area contributed by atoms with Crippen molar-refractivity contribution in [1.82, 2.24) is 0 Å². The number of benzene rings is 2. The third-order valence-corrected chi connectivity index (χ3v) is 5.30. The van der Waals surface area contributed by atoms with Crippen molar-refractivity contribution in [1.29, 1.82) is 0 Å². The van der Waals surface area contributed by atoms with E-state index in [0.717, 1.165) is 23.2 Å². The van der Waals surface area contributed by atoms with Crippen LogP contribution in [0.1, 0.15) is 50.2 Å². The Morgan fingerprint density at radius 2 is 1.85 bits per heavy atom. The number of fused-ring (bicyclic) bond motifs is 3. The van der Waals surface area contributed by atoms with Crippen molar-refractivity contribution in [2.75, 3.05) is 12.4 Å². The van der Waals surface area contributed by atoms with Gasteiger partial charge < -0.3 is 15.2 Å². The number of anilines is 1. The van der Waals surface area contributed by atoms with E-state index in [4.69, 9.17) is 4.74 Å². The molecule has 4 rings (SSSR count). The predicted octanol–water partition coefficient (Wildman–Crippen LogP) is 4.00. The lowest BCUT2D eigenvalue weighted by atomic mass is 9.76. The minimum atomic E-state index is -0.910. The molecule has 2 aromatic carbocycles. The van der Waals surface area contributed by atoms with Gasteiger partial charge in [0.2, 0.25) is 0 Å². The molecule has 0 radical (unpaired) electrons. The Balaban J connectivity index is 1.69. The van der Waals surface area contributed by atoms with Gasteiger partial charge in [-0.05, 0) is 53.8 Å². The van der Waals surface area contributed by atoms with E-state index >= 15 is 0 Å². The predicted molar refractivity (Wildman–Crippen MR) is 97.5 cm³/mol. The van der Waals surface area contributed by atoms with Crippen LogP contribution in [-0.4, -0.2) is 24.2 Å². The Bertz CT molecular complexity index is 901. The number of carboxylic acid groups (broad SMARTS) is 1. The van der Waals surface area contributed by atoms with Crippen molar-refractivity contribution in [3.05, 3.63) is 76.9 Å². The highest BCUT2D eigenvalue weighted by atomic mass is 16.5. The zero-order valence-electron chi connectivity index (χ0n) is 14.3. The van der Waals surface area contributed by atoms with Gasteiger partial charge in [-0.2, -0.15) is 0 Å². The van der Waals surface area contributed by atoms with Crippen LogP contribution >= 0.6 is 0 Å². The Kier molecular flexibility index (Phi) is 3.99. The quantitative estimate of drug-likeness (QED) is 0.647. The fourth-order valence-electron chi connectivity index (χ4n) is 4.00. The number of hydrogen-bond acceptors (Lipinski definition) is 4. The summed E-state index contributed by atoms with van der Waals surface area (Å²) in [4.78, 5) is 22.9. The summed E-state index contributed by atoms with van der Waals surface area (Å²) < 4.78 is 4.76. The Hall–Kier alpha value is -3.08. The van der Waals surface area contributed by atoms with Crippen LogP contribution < -0.4 is 5.32 Å². The molecule has 0 spiro atoms. The number of aromatic carboxylic acids is 1. The van der Waals surface area contributed by atoms with Gasteiger partial charge in [-0.1, -0.05) is 24.3 Å². The maximum atomic E-state index is 11.6. The third kappa shape index (κ3) is 2.65. The van der Waals surface area contributed by atoms with Crippen LogP contribution in [0.3, 0.4) is 0 Å². The van der Waals surface area contributed by atoms with E-state index in [9.17, 15) is 14.7 Å². The topological polar surface area (TPSA) is 75.6 Å². The Morgan fingerprint density at radius 3 is 2.54 bits per heavy atom. The average molecular weight is 349 g/mol. The zero-order valence-corrected chi connectivity index (χ0v) is 14.3. The first-order valence-electron chi connectivity index (χ1n) is 8.57. The average Bonchev–Trinajstić information content (AvgIpc) is 3.16. The molecule has 5 heteroatoms. The van der Waals surface area contributed by atoms with Crippen LogP contribution in [0.25, 0.3) is 0 Å². The highest BCUT2D eigenvalue weighted by Gasteiger charge is 2.38. The SMILES string of the molecule is COC(=O)c1ccc([C@H]2Nc3ccc(C(=O)O)cc3[C@H]3C=CC[C@H]32)cc1. The molecule has 0 saturated carbocycles. The molecular weight excluding hydrogens is 330 g/mol. The molecular formula is C21H19NO4. The lowest BCUT2D eigenvalue weighted by Crippen LogP contribution is -2.29. The molecule has 1 heterocycles. The van der Waals surface area contributed by atoms with Crippen LogP contribution in [-0.2, 0) is 4.74 Å². The lowest BCUT2D eigenvalue weighted by molar-refractivity contribution is 0.0599. The molecule has 2 N–H and O–H groups in total. The number of rotatable bonds is 3. The summed E-state index contributed by atoms with van der Waals surface area (Å²) in [6, 6.07) is 12.8. The number of nitrogens with one attached hydrogen (secondary N) is 1. The molecule has 26 heavy (non-hydrogen) atoms. The molecule has 0 amide bonds. The van der Waals surface area contributed by atoms with Crippen LogP contribution in [0.5, 0.6) is 0 Å². The van der Waals surface area contributed by atoms with E-state index in [1.165, 1.54) is 7.11 Å². The second-order valence-corrected chi connectivity index (χ2v) is 6.70. The molecule has 2 aliphatic rings. The van der Waals surface area contributed by atoms with Gasteiger partial charge in [0.15, 0.2) is 0 Å². The minimum absolute atomic E-state index is 0.102. The van der Waals surface area contributed by atoms with E-state index < -0.39 is 5.97 Å². The fourth-order valence-corrected chi connectivity index (χ4v) is 4.00. The highest BCUT2D eigenvalue weighted by Crippen LogP contribution is 2.49. The van der Waals surface area contributed by atoms with Crippen molar-refractivity contribution in [3.63, 3.8) is 0 Å². The van der Waals surface area contributed by atoms with Crippen LogP contribution in [0.15, 0.2) is 54.6 Å². The molecule has 132 valence electrons. The van der Waals surface area contributed by atoms with Crippen LogP contribution in [0.2, 0.25) is 0 Å². The second-order valence-electron chi connectivity index (χ2n) is 6.70. The van der Waals surface area contributed by atoms with Gasteiger partial charge >= 0.3 is 11.9 Å². The van der Waals surface area contributed by atoms with E-state index in [-0.39, 0.29) is 17.9 Å². The van der Waals surface area contributed by atoms with Gasteiger partial charge in [-0.3, -0.25) is 0 Å². The van der Waals surface area contributed by atoms with E-state index in [1.54, 1.807) is 24.3 Å². The molecule has 2 aromatic rings. The van der Waals surface area contributed by atoms with Crippen molar-refractivity contribution in [3.8, 4) is 0 Å². The Morgan fingerprint density at radius 1 is 1.12 bits per heavy atom. The van der Waals surface area contributed by atoms with Crippen LogP contribution in [0.4, 0.5) is 5.69 Å². The minimum Gasteiger partial charge on any atom is -0.478 e. The standard InChI is InChI=1S/C21H19NO4/c1-26-21(25)13-7-5-12(6-8-13)19-16-4-2-3-15(16)17-11-14(20(23)24)9-10-18(17)22-19/h2-3,5-11,15-16,19,22H,4H2,1H3,(H,23,24)/t15-,16+,19+/m0/s1. The highest BCUT2D eigenvalue weighted by molar-refractivity contribution is 5.89. The fraction of sp³-hybridized carbons (Fsp3) is 0.238. The van der Waals surface area contributed by atoms with Gasteiger partial charge in [-0.25, -0.2) is 9.59 Å². The number of ether oxygens (including phenoxy) is 1. The summed E-state index contributed by atoms with van der Waals surface area (Å²) in [5, 5.41) is 12.8. The zero-order chi connectivity index (χ0) is 18.3. The summed E-state index contributed by atoms with van der Waals surface area (Å²) in [6.07, 6.45) is 5.26. The molecule has 1 aliphatic heterocycles. The smallest absolute Gasteiger partial charge is 0.337 e. The van der Waals surface area contributed by atoms with Gasteiger partial charge in [-0.15, -0.1) is 0 Å². The number of allylic oxidation sites excluding steroid dienone is 2. The molecule has 5 nitrogen and oxygen atoms in total. The van der Waals surface area contributed by atoms with E-state index in [1.807, 2.05) is 18.2 Å². The number of hydrogen-bond donors (Lipinski definition) is 2. The van der Waals surface area contributed by atoms with Gasteiger partial charge in [0.1, 0.15) is 0 Å². The number of esters is 1. The van der Waals surface area contributed by atoms with Crippen molar-refractivity contribution in [2.24, 2.45) is 5.92 Å². The summed E-state index contributed by atoms with van der Waals surface area (Å²) in [7, 11) is 1.37. The number of carboxylic acids is 1. The van der Waals surface area contributed by atoms with Gasteiger partial charge in [0.05, 0.1) is 24.3 Å². The molecule has 1 aliphatic carbocycles. The maximum Gasteiger partial charge on any atom is 0.337 e. The number of carbonyl (C=O) groups is 2. The monoisotopic (exact) mass is 349 g/mol. The van der Waals surface area contributed by atoms with Gasteiger partial charge in [0.25, 0.3) is 0 Å². The third-order valence-electron chi connectivity index (χ3n) is 5.30. The summed E-state index contributed by atoms with van der Waals surface area (Å²) in [5.74, 6) is -0.752. The molecule has 0 saturated heterocycles. The molecule has 0 unspecified atom stereocenters.